The van der Waals surface area contributed by atoms with Crippen molar-refractivity contribution in [3.05, 3.63) is 54.0 Å². The predicted molar refractivity (Wildman–Crippen MR) is 64.5 cm³/mol. The summed E-state index contributed by atoms with van der Waals surface area (Å²) in [5, 5.41) is 0. The molecule has 0 aliphatic heterocycles. The summed E-state index contributed by atoms with van der Waals surface area (Å²) in [5.74, 6) is 0.988. The van der Waals surface area contributed by atoms with Gasteiger partial charge in [-0.1, -0.05) is 13.8 Å². The van der Waals surface area contributed by atoms with Gasteiger partial charge in [0.05, 0.1) is 12.4 Å². The molecule has 0 saturated carbocycles. The molecule has 0 fully saturated rings. The predicted octanol–water partition coefficient (Wildman–Crippen LogP) is 2.48. The molecule has 2 aromatic heterocycles. The molecule has 2 aromatic rings. The third-order valence-electron chi connectivity index (χ3n) is 2.79. The molecule has 0 atom stereocenters. The van der Waals surface area contributed by atoms with E-state index in [-0.39, 0.29) is 0 Å². The SMILES string of the molecule is CCc1cc[n+](-c2cc(CC)ccn2)cc1. The lowest BCUT2D eigenvalue weighted by Crippen LogP contribution is -2.30. The number of pyridine rings is 2. The summed E-state index contributed by atoms with van der Waals surface area (Å²) in [6.07, 6.45) is 8.13. The van der Waals surface area contributed by atoms with Crippen molar-refractivity contribution in [3.8, 4) is 5.82 Å². The summed E-state index contributed by atoms with van der Waals surface area (Å²) in [7, 11) is 0. The zero-order valence-corrected chi connectivity index (χ0v) is 9.85. The summed E-state index contributed by atoms with van der Waals surface area (Å²) < 4.78 is 2.05. The van der Waals surface area contributed by atoms with Crippen LogP contribution in [0.25, 0.3) is 5.82 Å². The highest BCUT2D eigenvalue weighted by atomic mass is 15.0. The van der Waals surface area contributed by atoms with Crippen molar-refractivity contribution in [2.24, 2.45) is 0 Å². The van der Waals surface area contributed by atoms with Crippen molar-refractivity contribution in [1.29, 1.82) is 0 Å². The number of hydrogen-bond donors (Lipinski definition) is 0. The van der Waals surface area contributed by atoms with Gasteiger partial charge in [-0.2, -0.15) is 0 Å². The highest BCUT2D eigenvalue weighted by Gasteiger charge is 2.06. The molecular weight excluding hydrogens is 196 g/mol. The lowest BCUT2D eigenvalue weighted by molar-refractivity contribution is -0.599. The van der Waals surface area contributed by atoms with Crippen molar-refractivity contribution in [3.63, 3.8) is 0 Å². The van der Waals surface area contributed by atoms with Crippen LogP contribution in [0.4, 0.5) is 0 Å². The maximum atomic E-state index is 4.38. The summed E-state index contributed by atoms with van der Waals surface area (Å²) in [6.45, 7) is 4.32. The molecule has 0 bridgehead atoms. The zero-order valence-electron chi connectivity index (χ0n) is 9.85. The minimum atomic E-state index is 0.988. The molecule has 0 aromatic carbocycles. The topological polar surface area (TPSA) is 16.8 Å². The molecule has 0 amide bonds. The van der Waals surface area contributed by atoms with Gasteiger partial charge in [-0.05, 0) is 47.2 Å². The number of nitrogens with zero attached hydrogens (tertiary/aromatic N) is 2. The van der Waals surface area contributed by atoms with E-state index in [1.807, 2.05) is 6.20 Å². The van der Waals surface area contributed by atoms with E-state index in [1.54, 1.807) is 0 Å². The quantitative estimate of drug-likeness (QED) is 0.716. The van der Waals surface area contributed by atoms with E-state index in [1.165, 1.54) is 11.1 Å². The molecule has 0 aliphatic carbocycles. The number of hydrogen-bond acceptors (Lipinski definition) is 1. The van der Waals surface area contributed by atoms with E-state index in [0.717, 1.165) is 18.7 Å². The molecule has 0 N–H and O–H groups in total. The molecule has 0 aliphatic rings. The van der Waals surface area contributed by atoms with Gasteiger partial charge in [0.15, 0.2) is 0 Å². The maximum Gasteiger partial charge on any atom is 0.327 e. The van der Waals surface area contributed by atoms with Crippen molar-refractivity contribution >= 4 is 0 Å². The Balaban J connectivity index is 2.34. The Labute approximate surface area is 96.6 Å². The van der Waals surface area contributed by atoms with E-state index in [9.17, 15) is 0 Å². The van der Waals surface area contributed by atoms with Crippen LogP contribution in [0.5, 0.6) is 0 Å². The average Bonchev–Trinajstić information content (AvgIpc) is 2.39. The molecule has 0 radical (unpaired) electrons. The van der Waals surface area contributed by atoms with E-state index in [4.69, 9.17) is 0 Å². The van der Waals surface area contributed by atoms with Crippen molar-refractivity contribution in [2.75, 3.05) is 0 Å². The molecule has 16 heavy (non-hydrogen) atoms. The van der Waals surface area contributed by atoms with Crippen molar-refractivity contribution < 1.29 is 4.57 Å². The minimum absolute atomic E-state index is 0.988. The van der Waals surface area contributed by atoms with Crippen molar-refractivity contribution in [1.82, 2.24) is 4.98 Å². The summed E-state index contributed by atoms with van der Waals surface area (Å²) in [5.41, 5.74) is 2.67. The first kappa shape index (κ1) is 10.8. The minimum Gasteiger partial charge on any atom is -0.203 e. The third-order valence-corrected chi connectivity index (χ3v) is 2.79. The molecule has 0 unspecified atom stereocenters. The van der Waals surface area contributed by atoms with Crippen LogP contribution in [-0.2, 0) is 12.8 Å². The van der Waals surface area contributed by atoms with Crippen molar-refractivity contribution in [2.45, 2.75) is 26.7 Å². The molecule has 2 heteroatoms. The van der Waals surface area contributed by atoms with Crippen LogP contribution in [0, 0.1) is 0 Å². The molecule has 0 spiro atoms. The summed E-state index contributed by atoms with van der Waals surface area (Å²) in [4.78, 5) is 4.38. The molecule has 2 rings (SSSR count). The second kappa shape index (κ2) is 4.88. The van der Waals surface area contributed by atoms with Crippen LogP contribution in [0.1, 0.15) is 25.0 Å². The van der Waals surface area contributed by atoms with Crippen LogP contribution in [0.2, 0.25) is 0 Å². The van der Waals surface area contributed by atoms with Crippen LogP contribution in [-0.4, -0.2) is 4.98 Å². The molecule has 82 valence electrons. The summed E-state index contributed by atoms with van der Waals surface area (Å²) in [6, 6.07) is 8.47. The second-order valence-corrected chi connectivity index (χ2v) is 3.84. The Kier molecular flexibility index (Phi) is 3.30. The lowest BCUT2D eigenvalue weighted by atomic mass is 10.2. The Bertz CT molecular complexity index is 460. The van der Waals surface area contributed by atoms with E-state index < -0.39 is 0 Å². The fraction of sp³-hybridized carbons (Fsp3) is 0.286. The van der Waals surface area contributed by atoms with Gasteiger partial charge in [0.25, 0.3) is 0 Å². The lowest BCUT2D eigenvalue weighted by Gasteiger charge is -1.99. The van der Waals surface area contributed by atoms with Gasteiger partial charge >= 0.3 is 5.82 Å². The largest absolute Gasteiger partial charge is 0.327 e. The van der Waals surface area contributed by atoms with Gasteiger partial charge in [0.2, 0.25) is 0 Å². The number of aromatic nitrogens is 2. The Morgan fingerprint density at radius 3 is 2.31 bits per heavy atom. The molecular formula is C14H17N2+. The monoisotopic (exact) mass is 213 g/mol. The van der Waals surface area contributed by atoms with E-state index in [2.05, 4.69) is 60.1 Å². The van der Waals surface area contributed by atoms with Gasteiger partial charge in [-0.3, -0.25) is 0 Å². The standard InChI is InChI=1S/C14H17N2/c1-3-12-6-9-16(10-7-12)14-11-13(4-2)5-8-15-14/h5-11H,3-4H2,1-2H3/q+1. The van der Waals surface area contributed by atoms with Crippen LogP contribution in [0.15, 0.2) is 42.9 Å². The average molecular weight is 213 g/mol. The van der Waals surface area contributed by atoms with Gasteiger partial charge in [0.1, 0.15) is 6.20 Å². The highest BCUT2D eigenvalue weighted by molar-refractivity contribution is 5.21. The molecule has 0 saturated heterocycles. The van der Waals surface area contributed by atoms with E-state index in [0.29, 0.717) is 0 Å². The molecule has 2 nitrogen and oxygen atoms in total. The first-order valence-corrected chi connectivity index (χ1v) is 5.79. The van der Waals surface area contributed by atoms with Gasteiger partial charge in [-0.15, -0.1) is 0 Å². The molecule has 2 heterocycles. The van der Waals surface area contributed by atoms with Crippen LogP contribution >= 0.6 is 0 Å². The number of rotatable bonds is 3. The Morgan fingerprint density at radius 1 is 1.00 bits per heavy atom. The highest BCUT2D eigenvalue weighted by Crippen LogP contribution is 2.03. The van der Waals surface area contributed by atoms with Crippen LogP contribution < -0.4 is 4.57 Å². The third kappa shape index (κ3) is 2.27. The van der Waals surface area contributed by atoms with Gasteiger partial charge < -0.3 is 0 Å². The van der Waals surface area contributed by atoms with Gasteiger partial charge in [0, 0.05) is 6.07 Å². The van der Waals surface area contributed by atoms with Crippen LogP contribution in [0.3, 0.4) is 0 Å². The Hall–Kier alpha value is -1.70. The fourth-order valence-corrected chi connectivity index (χ4v) is 1.67. The van der Waals surface area contributed by atoms with Gasteiger partial charge in [-0.25, -0.2) is 4.57 Å². The first-order valence-electron chi connectivity index (χ1n) is 5.79. The Morgan fingerprint density at radius 2 is 1.69 bits per heavy atom. The second-order valence-electron chi connectivity index (χ2n) is 3.84. The first-order chi connectivity index (χ1) is 7.83. The fourth-order valence-electron chi connectivity index (χ4n) is 1.67. The smallest absolute Gasteiger partial charge is 0.203 e. The zero-order chi connectivity index (χ0) is 11.4. The maximum absolute atomic E-state index is 4.38. The van der Waals surface area contributed by atoms with E-state index >= 15 is 0 Å². The number of aryl methyl sites for hydroxylation is 2. The summed E-state index contributed by atoms with van der Waals surface area (Å²) >= 11 is 0. The normalized spacial score (nSPS) is 10.4.